The topological polar surface area (TPSA) is 50.3 Å². The van der Waals surface area contributed by atoms with E-state index in [0.29, 0.717) is 18.4 Å². The smallest absolute Gasteiger partial charge is 0.253 e. The van der Waals surface area contributed by atoms with Crippen molar-refractivity contribution in [3.63, 3.8) is 0 Å². The van der Waals surface area contributed by atoms with Crippen molar-refractivity contribution >= 4 is 17.5 Å². The Balaban J connectivity index is 1.06. The molecule has 3 heterocycles. The first-order chi connectivity index (χ1) is 17.0. The van der Waals surface area contributed by atoms with Crippen LogP contribution in [-0.2, 0) is 4.79 Å². The van der Waals surface area contributed by atoms with Gasteiger partial charge in [0.2, 0.25) is 5.91 Å². The van der Waals surface area contributed by atoms with E-state index in [-0.39, 0.29) is 11.8 Å². The van der Waals surface area contributed by atoms with Crippen molar-refractivity contribution in [3.05, 3.63) is 29.8 Å². The molecule has 1 saturated carbocycles. The molecule has 5 rings (SSSR count). The van der Waals surface area contributed by atoms with Crippen LogP contribution in [0.2, 0.25) is 0 Å². The van der Waals surface area contributed by atoms with Crippen molar-refractivity contribution in [3.8, 4) is 0 Å². The Hall–Kier alpha value is -2.12. The molecule has 0 radical (unpaired) electrons. The summed E-state index contributed by atoms with van der Waals surface area (Å²) in [5.74, 6) is 1.59. The van der Waals surface area contributed by atoms with Gasteiger partial charge in [-0.1, -0.05) is 20.3 Å². The highest BCUT2D eigenvalue weighted by Gasteiger charge is 2.30. The van der Waals surface area contributed by atoms with Gasteiger partial charge in [-0.15, -0.1) is 0 Å². The normalized spacial score (nSPS) is 27.1. The standard InChI is InChI=1S/C28H43N5O2/c1-22-18-23(2)20-33(19-22)28(35)24-6-8-26(9-7-24)30-12-10-29(11-13-30)21-27(34)32-16-14-31(15-17-32)25-4-3-5-25/h6-9,22-23,25H,3-5,10-21H2,1-2H3. The van der Waals surface area contributed by atoms with Crippen LogP contribution < -0.4 is 4.90 Å². The minimum Gasteiger partial charge on any atom is -0.369 e. The number of hydrogen-bond donors (Lipinski definition) is 0. The number of piperazine rings is 2. The predicted octanol–water partition coefficient (Wildman–Crippen LogP) is 2.62. The van der Waals surface area contributed by atoms with Gasteiger partial charge in [-0.3, -0.25) is 19.4 Å². The van der Waals surface area contributed by atoms with Gasteiger partial charge in [-0.05, 0) is 55.4 Å². The second-order valence-electron chi connectivity index (χ2n) is 11.5. The number of rotatable bonds is 5. The molecule has 0 bridgehead atoms. The van der Waals surface area contributed by atoms with Gasteiger partial charge < -0.3 is 14.7 Å². The lowest BCUT2D eigenvalue weighted by Gasteiger charge is -2.43. The molecule has 4 aliphatic rings. The minimum absolute atomic E-state index is 0.159. The maximum atomic E-state index is 13.0. The van der Waals surface area contributed by atoms with Crippen LogP contribution in [0.3, 0.4) is 0 Å². The average molecular weight is 482 g/mol. The van der Waals surface area contributed by atoms with Crippen LogP contribution in [0.4, 0.5) is 5.69 Å². The molecule has 1 aromatic carbocycles. The van der Waals surface area contributed by atoms with E-state index in [9.17, 15) is 9.59 Å². The molecule has 2 amide bonds. The van der Waals surface area contributed by atoms with E-state index in [4.69, 9.17) is 0 Å². The van der Waals surface area contributed by atoms with Gasteiger partial charge in [0.1, 0.15) is 0 Å². The highest BCUT2D eigenvalue weighted by molar-refractivity contribution is 5.94. The number of nitrogens with zero attached hydrogens (tertiary/aromatic N) is 5. The van der Waals surface area contributed by atoms with Crippen molar-refractivity contribution in [2.24, 2.45) is 11.8 Å². The number of carbonyl (C=O) groups is 2. The molecule has 7 heteroatoms. The summed E-state index contributed by atoms with van der Waals surface area (Å²) < 4.78 is 0. The number of benzene rings is 1. The van der Waals surface area contributed by atoms with Crippen molar-refractivity contribution < 1.29 is 9.59 Å². The van der Waals surface area contributed by atoms with Crippen LogP contribution in [0.1, 0.15) is 49.9 Å². The Bertz CT molecular complexity index is 860. The van der Waals surface area contributed by atoms with E-state index in [2.05, 4.69) is 45.6 Å². The molecule has 3 aliphatic heterocycles. The molecule has 3 saturated heterocycles. The third-order valence-corrected chi connectivity index (χ3v) is 8.62. The Morgan fingerprint density at radius 3 is 2.00 bits per heavy atom. The summed E-state index contributed by atoms with van der Waals surface area (Å²) in [6.07, 6.45) is 5.26. The lowest BCUT2D eigenvalue weighted by Crippen LogP contribution is -2.56. The molecule has 0 N–H and O–H groups in total. The Kier molecular flexibility index (Phi) is 7.63. The van der Waals surface area contributed by atoms with Crippen molar-refractivity contribution in [2.45, 2.75) is 45.6 Å². The first-order valence-electron chi connectivity index (χ1n) is 13.8. The summed E-state index contributed by atoms with van der Waals surface area (Å²) in [5.41, 5.74) is 1.96. The van der Waals surface area contributed by atoms with Crippen LogP contribution in [0.5, 0.6) is 0 Å². The first kappa shape index (κ1) is 24.6. The lowest BCUT2D eigenvalue weighted by atomic mass is 9.91. The van der Waals surface area contributed by atoms with E-state index in [1.807, 2.05) is 17.0 Å². The third kappa shape index (κ3) is 5.83. The van der Waals surface area contributed by atoms with Crippen molar-refractivity contribution in [1.29, 1.82) is 0 Å². The van der Waals surface area contributed by atoms with Gasteiger partial charge in [0.15, 0.2) is 0 Å². The fourth-order valence-electron chi connectivity index (χ4n) is 6.37. The summed E-state index contributed by atoms with van der Waals surface area (Å²) in [6, 6.07) is 8.94. The fourth-order valence-corrected chi connectivity index (χ4v) is 6.37. The lowest BCUT2D eigenvalue weighted by molar-refractivity contribution is -0.134. The molecular formula is C28H43N5O2. The van der Waals surface area contributed by atoms with Crippen LogP contribution in [0.25, 0.3) is 0 Å². The summed E-state index contributed by atoms with van der Waals surface area (Å²) in [4.78, 5) is 37.2. The largest absolute Gasteiger partial charge is 0.369 e. The van der Waals surface area contributed by atoms with Gasteiger partial charge in [0.25, 0.3) is 5.91 Å². The molecule has 1 aliphatic carbocycles. The Morgan fingerprint density at radius 2 is 1.43 bits per heavy atom. The second kappa shape index (κ2) is 10.9. The van der Waals surface area contributed by atoms with Gasteiger partial charge >= 0.3 is 0 Å². The molecule has 0 spiro atoms. The average Bonchev–Trinajstić information content (AvgIpc) is 2.83. The Labute approximate surface area is 211 Å². The highest BCUT2D eigenvalue weighted by Crippen LogP contribution is 2.26. The van der Waals surface area contributed by atoms with Crippen LogP contribution >= 0.6 is 0 Å². The minimum atomic E-state index is 0.159. The monoisotopic (exact) mass is 481 g/mol. The summed E-state index contributed by atoms with van der Waals surface area (Å²) in [7, 11) is 0. The van der Waals surface area contributed by atoms with E-state index in [1.165, 1.54) is 31.4 Å². The van der Waals surface area contributed by atoms with Crippen molar-refractivity contribution in [1.82, 2.24) is 19.6 Å². The van der Waals surface area contributed by atoms with Gasteiger partial charge in [0.05, 0.1) is 6.54 Å². The van der Waals surface area contributed by atoms with Crippen LogP contribution in [0, 0.1) is 11.8 Å². The summed E-state index contributed by atoms with van der Waals surface area (Å²) in [5, 5.41) is 0. The maximum Gasteiger partial charge on any atom is 0.253 e. The second-order valence-corrected chi connectivity index (χ2v) is 11.5. The fraction of sp³-hybridized carbons (Fsp3) is 0.714. The molecule has 2 unspecified atom stereocenters. The number of amides is 2. The predicted molar refractivity (Wildman–Crippen MR) is 140 cm³/mol. The maximum absolute atomic E-state index is 13.0. The summed E-state index contributed by atoms with van der Waals surface area (Å²) in [6.45, 7) is 14.2. The molecule has 35 heavy (non-hydrogen) atoms. The molecule has 7 nitrogen and oxygen atoms in total. The number of hydrogen-bond acceptors (Lipinski definition) is 5. The van der Waals surface area contributed by atoms with Crippen LogP contribution in [-0.4, -0.2) is 109 Å². The zero-order valence-corrected chi connectivity index (χ0v) is 21.7. The van der Waals surface area contributed by atoms with E-state index < -0.39 is 0 Å². The zero-order chi connectivity index (χ0) is 24.4. The first-order valence-corrected chi connectivity index (χ1v) is 13.8. The molecular weight excluding hydrogens is 438 g/mol. The van der Waals surface area contributed by atoms with Crippen molar-refractivity contribution in [2.75, 3.05) is 76.9 Å². The van der Waals surface area contributed by atoms with E-state index in [1.54, 1.807) is 0 Å². The molecule has 192 valence electrons. The van der Waals surface area contributed by atoms with Crippen LogP contribution in [0.15, 0.2) is 24.3 Å². The third-order valence-electron chi connectivity index (χ3n) is 8.62. The van der Waals surface area contributed by atoms with Gasteiger partial charge in [-0.2, -0.15) is 0 Å². The van der Waals surface area contributed by atoms with E-state index >= 15 is 0 Å². The quantitative estimate of drug-likeness (QED) is 0.647. The number of piperidine rings is 1. The zero-order valence-electron chi connectivity index (χ0n) is 21.7. The molecule has 0 aromatic heterocycles. The summed E-state index contributed by atoms with van der Waals surface area (Å²) >= 11 is 0. The molecule has 4 fully saturated rings. The number of carbonyl (C=O) groups excluding carboxylic acids is 2. The van der Waals surface area contributed by atoms with Gasteiger partial charge in [0, 0.05) is 82.7 Å². The molecule has 1 aromatic rings. The number of likely N-dealkylation sites (tertiary alicyclic amines) is 1. The number of anilines is 1. The van der Waals surface area contributed by atoms with E-state index in [0.717, 1.165) is 77.1 Å². The SMILES string of the molecule is CC1CC(C)CN(C(=O)c2ccc(N3CCN(CC(=O)N4CCN(C5CCC5)CC4)CC3)cc2)C1. The highest BCUT2D eigenvalue weighted by atomic mass is 16.2. The Morgan fingerprint density at radius 1 is 0.800 bits per heavy atom. The van der Waals surface area contributed by atoms with Gasteiger partial charge in [-0.25, -0.2) is 0 Å². The molecule has 2 atom stereocenters.